The van der Waals surface area contributed by atoms with Gasteiger partial charge in [0.15, 0.2) is 5.75 Å². The molecule has 0 spiro atoms. The Bertz CT molecular complexity index is 356. The molecule has 1 atom stereocenters. The molecule has 1 heterocycles. The standard InChI is InChI=1S/C15H29N3O/c1-6-9-12(10-7-2)14(16-8-3)15-13(19-5)11-17-18(15)4/h11-12,14,16H,6-10H2,1-5H3. The average Bonchev–Trinajstić information content (AvgIpc) is 2.77. The van der Waals surface area contributed by atoms with Crippen molar-refractivity contribution in [2.75, 3.05) is 13.7 Å². The molecule has 0 amide bonds. The highest BCUT2D eigenvalue weighted by atomic mass is 16.5. The summed E-state index contributed by atoms with van der Waals surface area (Å²) in [6.45, 7) is 7.63. The lowest BCUT2D eigenvalue weighted by Gasteiger charge is -2.28. The Morgan fingerprint density at radius 2 is 1.89 bits per heavy atom. The molecule has 0 radical (unpaired) electrons. The van der Waals surface area contributed by atoms with E-state index in [1.807, 2.05) is 17.9 Å². The van der Waals surface area contributed by atoms with Gasteiger partial charge in [-0.3, -0.25) is 4.68 Å². The third kappa shape index (κ3) is 3.96. The zero-order valence-corrected chi connectivity index (χ0v) is 13.1. The van der Waals surface area contributed by atoms with Crippen molar-refractivity contribution in [1.82, 2.24) is 15.1 Å². The first-order chi connectivity index (χ1) is 9.19. The van der Waals surface area contributed by atoms with Gasteiger partial charge in [-0.25, -0.2) is 0 Å². The maximum Gasteiger partial charge on any atom is 0.161 e. The second-order valence-electron chi connectivity index (χ2n) is 5.09. The molecule has 1 aromatic rings. The summed E-state index contributed by atoms with van der Waals surface area (Å²) in [6.07, 6.45) is 6.72. The maximum absolute atomic E-state index is 5.48. The van der Waals surface area contributed by atoms with Crippen molar-refractivity contribution in [3.8, 4) is 5.75 Å². The summed E-state index contributed by atoms with van der Waals surface area (Å²) in [5.41, 5.74) is 1.18. The third-order valence-electron chi connectivity index (χ3n) is 3.68. The monoisotopic (exact) mass is 267 g/mol. The molecule has 0 aliphatic carbocycles. The molecule has 4 heteroatoms. The molecular weight excluding hydrogens is 238 g/mol. The lowest BCUT2D eigenvalue weighted by molar-refractivity contribution is 0.297. The Morgan fingerprint density at radius 1 is 1.26 bits per heavy atom. The van der Waals surface area contributed by atoms with Crippen LogP contribution in [0.15, 0.2) is 6.20 Å². The fourth-order valence-electron chi connectivity index (χ4n) is 2.86. The summed E-state index contributed by atoms with van der Waals surface area (Å²) in [5.74, 6) is 1.53. The number of nitrogens with zero attached hydrogens (tertiary/aromatic N) is 2. The van der Waals surface area contributed by atoms with E-state index in [-0.39, 0.29) is 0 Å². The summed E-state index contributed by atoms with van der Waals surface area (Å²) in [6, 6.07) is 0.326. The van der Waals surface area contributed by atoms with Crippen LogP contribution in [-0.4, -0.2) is 23.4 Å². The van der Waals surface area contributed by atoms with Crippen LogP contribution in [-0.2, 0) is 7.05 Å². The highest BCUT2D eigenvalue weighted by Gasteiger charge is 2.27. The van der Waals surface area contributed by atoms with Crippen molar-refractivity contribution in [1.29, 1.82) is 0 Å². The molecule has 110 valence electrons. The number of hydrogen-bond donors (Lipinski definition) is 1. The highest BCUT2D eigenvalue weighted by molar-refractivity contribution is 5.28. The van der Waals surface area contributed by atoms with Gasteiger partial charge in [0.05, 0.1) is 25.0 Å². The SMILES string of the molecule is CCCC(CCC)C(NCC)c1c(OC)cnn1C. The van der Waals surface area contributed by atoms with Crippen molar-refractivity contribution >= 4 is 0 Å². The molecule has 1 N–H and O–H groups in total. The molecule has 0 saturated heterocycles. The van der Waals surface area contributed by atoms with Gasteiger partial charge in [0.25, 0.3) is 0 Å². The number of nitrogens with one attached hydrogen (secondary N) is 1. The molecule has 0 aliphatic heterocycles. The second-order valence-corrected chi connectivity index (χ2v) is 5.09. The van der Waals surface area contributed by atoms with Crippen LogP contribution >= 0.6 is 0 Å². The normalized spacial score (nSPS) is 12.9. The minimum Gasteiger partial charge on any atom is -0.493 e. The summed E-state index contributed by atoms with van der Waals surface area (Å²) >= 11 is 0. The van der Waals surface area contributed by atoms with Gasteiger partial charge in [-0.15, -0.1) is 0 Å². The number of methoxy groups -OCH3 is 1. The molecule has 0 aliphatic rings. The first-order valence-electron chi connectivity index (χ1n) is 7.48. The van der Waals surface area contributed by atoms with Crippen LogP contribution in [0.1, 0.15) is 58.2 Å². The van der Waals surface area contributed by atoms with Gasteiger partial charge in [0, 0.05) is 7.05 Å². The Labute approximate surface area is 117 Å². The Balaban J connectivity index is 3.05. The molecule has 19 heavy (non-hydrogen) atoms. The molecule has 0 fully saturated rings. The Kier molecular flexibility index (Phi) is 6.92. The van der Waals surface area contributed by atoms with Crippen LogP contribution in [0.3, 0.4) is 0 Å². The van der Waals surface area contributed by atoms with Crippen LogP contribution < -0.4 is 10.1 Å². The summed E-state index contributed by atoms with van der Waals surface area (Å²) in [4.78, 5) is 0. The van der Waals surface area contributed by atoms with Crippen molar-refractivity contribution < 1.29 is 4.74 Å². The van der Waals surface area contributed by atoms with Gasteiger partial charge in [-0.05, 0) is 25.3 Å². The largest absolute Gasteiger partial charge is 0.493 e. The van der Waals surface area contributed by atoms with E-state index in [0.29, 0.717) is 12.0 Å². The zero-order chi connectivity index (χ0) is 14.3. The van der Waals surface area contributed by atoms with Gasteiger partial charge >= 0.3 is 0 Å². The van der Waals surface area contributed by atoms with Crippen LogP contribution in [0.2, 0.25) is 0 Å². The molecule has 1 unspecified atom stereocenters. The fraction of sp³-hybridized carbons (Fsp3) is 0.800. The molecule has 0 aromatic carbocycles. The Hall–Kier alpha value is -1.03. The van der Waals surface area contributed by atoms with Gasteiger partial charge in [-0.1, -0.05) is 33.6 Å². The van der Waals surface area contributed by atoms with Crippen LogP contribution in [0.4, 0.5) is 0 Å². The fourth-order valence-corrected chi connectivity index (χ4v) is 2.86. The summed E-state index contributed by atoms with van der Waals surface area (Å²) in [5, 5.41) is 7.97. The lowest BCUT2D eigenvalue weighted by Crippen LogP contribution is -2.30. The van der Waals surface area contributed by atoms with Crippen molar-refractivity contribution in [3.05, 3.63) is 11.9 Å². The predicted molar refractivity (Wildman–Crippen MR) is 79.5 cm³/mol. The topological polar surface area (TPSA) is 39.1 Å². The van der Waals surface area contributed by atoms with Crippen molar-refractivity contribution in [3.63, 3.8) is 0 Å². The smallest absolute Gasteiger partial charge is 0.161 e. The highest BCUT2D eigenvalue weighted by Crippen LogP contribution is 2.34. The van der Waals surface area contributed by atoms with Crippen molar-refractivity contribution in [2.24, 2.45) is 13.0 Å². The molecule has 1 aromatic heterocycles. The summed E-state index contributed by atoms with van der Waals surface area (Å²) in [7, 11) is 3.72. The predicted octanol–water partition coefficient (Wildman–Crippen LogP) is 3.30. The van der Waals surface area contributed by atoms with E-state index in [1.54, 1.807) is 7.11 Å². The first kappa shape index (κ1) is 16.0. The number of aryl methyl sites for hydroxylation is 1. The first-order valence-corrected chi connectivity index (χ1v) is 7.48. The van der Waals surface area contributed by atoms with E-state index in [2.05, 4.69) is 31.2 Å². The maximum atomic E-state index is 5.48. The molecule has 1 rings (SSSR count). The van der Waals surface area contributed by atoms with Crippen LogP contribution in [0.5, 0.6) is 5.75 Å². The minimum absolute atomic E-state index is 0.326. The van der Waals surface area contributed by atoms with Gasteiger partial charge in [0.2, 0.25) is 0 Å². The lowest BCUT2D eigenvalue weighted by atomic mass is 9.88. The number of ether oxygens (including phenoxy) is 1. The zero-order valence-electron chi connectivity index (χ0n) is 13.1. The molecule has 0 bridgehead atoms. The van der Waals surface area contributed by atoms with Gasteiger partial charge in [0.1, 0.15) is 0 Å². The summed E-state index contributed by atoms with van der Waals surface area (Å²) < 4.78 is 7.43. The minimum atomic E-state index is 0.326. The average molecular weight is 267 g/mol. The van der Waals surface area contributed by atoms with E-state index >= 15 is 0 Å². The number of rotatable bonds is 9. The van der Waals surface area contributed by atoms with Gasteiger partial charge in [-0.2, -0.15) is 5.10 Å². The molecular formula is C15H29N3O. The number of aromatic nitrogens is 2. The van der Waals surface area contributed by atoms with Gasteiger partial charge < -0.3 is 10.1 Å². The van der Waals surface area contributed by atoms with E-state index in [1.165, 1.54) is 31.4 Å². The van der Waals surface area contributed by atoms with Crippen LogP contribution in [0.25, 0.3) is 0 Å². The third-order valence-corrected chi connectivity index (χ3v) is 3.68. The van der Waals surface area contributed by atoms with E-state index < -0.39 is 0 Å². The molecule has 4 nitrogen and oxygen atoms in total. The van der Waals surface area contributed by atoms with E-state index in [0.717, 1.165) is 12.3 Å². The van der Waals surface area contributed by atoms with Crippen LogP contribution in [0, 0.1) is 5.92 Å². The quantitative estimate of drug-likeness (QED) is 0.746. The number of hydrogen-bond acceptors (Lipinski definition) is 3. The Morgan fingerprint density at radius 3 is 2.37 bits per heavy atom. The van der Waals surface area contributed by atoms with E-state index in [4.69, 9.17) is 4.74 Å². The molecule has 0 saturated carbocycles. The van der Waals surface area contributed by atoms with Crippen molar-refractivity contribution in [2.45, 2.75) is 52.5 Å². The second kappa shape index (κ2) is 8.20. The van der Waals surface area contributed by atoms with E-state index in [9.17, 15) is 0 Å².